The minimum Gasteiger partial charge on any atom is -0.497 e. The molecule has 2 rings (SSSR count). The van der Waals surface area contributed by atoms with E-state index in [1.54, 1.807) is 67.8 Å². The summed E-state index contributed by atoms with van der Waals surface area (Å²) in [6.07, 6.45) is 2.95. The molecule has 0 saturated carbocycles. The third-order valence-electron chi connectivity index (χ3n) is 4.51. The van der Waals surface area contributed by atoms with Gasteiger partial charge in [0, 0.05) is 6.08 Å². The number of hydrogen-bond donors (Lipinski definition) is 3. The standard InChI is InChI=1S/C22H25N3O4/c1-15(24-19(26)14-11-16-9-12-18(29-3)13-10-16)20(27)25-22(2,21(23)28)17-7-5-4-6-8-17/h4-15H,1-3H3,(H2,23,28)(H,24,26)(H,25,27)/b14-11+. The van der Waals surface area contributed by atoms with Crippen molar-refractivity contribution in [2.45, 2.75) is 25.4 Å². The van der Waals surface area contributed by atoms with E-state index in [0.717, 1.165) is 5.56 Å². The summed E-state index contributed by atoms with van der Waals surface area (Å²) >= 11 is 0. The van der Waals surface area contributed by atoms with Crippen molar-refractivity contribution in [2.75, 3.05) is 7.11 Å². The third-order valence-corrected chi connectivity index (χ3v) is 4.51. The smallest absolute Gasteiger partial charge is 0.247 e. The largest absolute Gasteiger partial charge is 0.497 e. The van der Waals surface area contributed by atoms with Gasteiger partial charge in [-0.1, -0.05) is 42.5 Å². The fourth-order valence-electron chi connectivity index (χ4n) is 2.62. The van der Waals surface area contributed by atoms with Crippen LogP contribution >= 0.6 is 0 Å². The van der Waals surface area contributed by atoms with Gasteiger partial charge >= 0.3 is 0 Å². The Kier molecular flexibility index (Phi) is 7.14. The second kappa shape index (κ2) is 9.54. The second-order valence-electron chi connectivity index (χ2n) is 6.68. The summed E-state index contributed by atoms with van der Waals surface area (Å²) in [5, 5.41) is 5.21. The normalized spacial score (nSPS) is 13.9. The fraction of sp³-hybridized carbons (Fsp3) is 0.227. The van der Waals surface area contributed by atoms with Gasteiger partial charge in [0.1, 0.15) is 17.3 Å². The predicted octanol–water partition coefficient (Wildman–Crippen LogP) is 1.73. The molecule has 3 amide bonds. The maximum atomic E-state index is 12.5. The Bertz CT molecular complexity index is 894. The molecule has 0 bridgehead atoms. The lowest BCUT2D eigenvalue weighted by atomic mass is 9.91. The summed E-state index contributed by atoms with van der Waals surface area (Å²) in [7, 11) is 1.58. The molecule has 2 atom stereocenters. The van der Waals surface area contributed by atoms with Crippen molar-refractivity contribution in [1.82, 2.24) is 10.6 Å². The Morgan fingerprint density at radius 3 is 2.24 bits per heavy atom. The van der Waals surface area contributed by atoms with E-state index < -0.39 is 29.3 Å². The van der Waals surface area contributed by atoms with Crippen LogP contribution < -0.4 is 21.1 Å². The van der Waals surface area contributed by atoms with Crippen LogP contribution in [0.5, 0.6) is 5.75 Å². The van der Waals surface area contributed by atoms with Gasteiger partial charge in [-0.3, -0.25) is 14.4 Å². The number of nitrogens with two attached hydrogens (primary N) is 1. The first-order chi connectivity index (χ1) is 13.8. The number of ether oxygens (including phenoxy) is 1. The van der Waals surface area contributed by atoms with E-state index in [1.165, 1.54) is 19.9 Å². The highest BCUT2D eigenvalue weighted by atomic mass is 16.5. The maximum absolute atomic E-state index is 12.5. The van der Waals surface area contributed by atoms with E-state index in [1.807, 2.05) is 0 Å². The van der Waals surface area contributed by atoms with Crippen LogP contribution in [-0.2, 0) is 19.9 Å². The highest BCUT2D eigenvalue weighted by molar-refractivity contribution is 5.97. The summed E-state index contributed by atoms with van der Waals surface area (Å²) in [5.41, 5.74) is 5.49. The molecule has 0 aromatic heterocycles. The quantitative estimate of drug-likeness (QED) is 0.591. The fourth-order valence-corrected chi connectivity index (χ4v) is 2.62. The lowest BCUT2D eigenvalue weighted by molar-refractivity contribution is -0.133. The molecule has 2 aromatic rings. The summed E-state index contributed by atoms with van der Waals surface area (Å²) < 4.78 is 5.08. The van der Waals surface area contributed by atoms with Crippen molar-refractivity contribution >= 4 is 23.8 Å². The Morgan fingerprint density at radius 1 is 1.07 bits per heavy atom. The lowest BCUT2D eigenvalue weighted by Crippen LogP contribution is -2.57. The van der Waals surface area contributed by atoms with Gasteiger partial charge in [-0.05, 0) is 43.2 Å². The van der Waals surface area contributed by atoms with Gasteiger partial charge in [0.15, 0.2) is 0 Å². The van der Waals surface area contributed by atoms with Crippen LogP contribution in [0.1, 0.15) is 25.0 Å². The van der Waals surface area contributed by atoms with Crippen LogP contribution in [0.3, 0.4) is 0 Å². The molecule has 0 spiro atoms. The number of carbonyl (C=O) groups is 3. The monoisotopic (exact) mass is 395 g/mol. The van der Waals surface area contributed by atoms with Gasteiger partial charge in [0.05, 0.1) is 7.11 Å². The first kappa shape index (κ1) is 21.7. The van der Waals surface area contributed by atoms with Crippen LogP contribution in [-0.4, -0.2) is 30.9 Å². The molecule has 0 aliphatic heterocycles. The number of amides is 3. The Morgan fingerprint density at radius 2 is 1.69 bits per heavy atom. The second-order valence-corrected chi connectivity index (χ2v) is 6.68. The van der Waals surface area contributed by atoms with Gasteiger partial charge in [0.2, 0.25) is 17.7 Å². The van der Waals surface area contributed by atoms with E-state index in [0.29, 0.717) is 11.3 Å². The molecular weight excluding hydrogens is 370 g/mol. The number of hydrogen-bond acceptors (Lipinski definition) is 4. The molecule has 0 heterocycles. The van der Waals surface area contributed by atoms with Crippen molar-refractivity contribution in [3.05, 3.63) is 71.8 Å². The maximum Gasteiger partial charge on any atom is 0.247 e. The number of methoxy groups -OCH3 is 1. The molecule has 29 heavy (non-hydrogen) atoms. The average Bonchev–Trinajstić information content (AvgIpc) is 2.72. The molecule has 152 valence electrons. The summed E-state index contributed by atoms with van der Waals surface area (Å²) in [4.78, 5) is 36.7. The number of rotatable bonds is 8. The van der Waals surface area contributed by atoms with Crippen molar-refractivity contribution in [1.29, 1.82) is 0 Å². The number of nitrogens with one attached hydrogen (secondary N) is 2. The molecular formula is C22H25N3O4. The number of carbonyl (C=O) groups excluding carboxylic acids is 3. The first-order valence-electron chi connectivity index (χ1n) is 9.06. The Hall–Kier alpha value is -3.61. The molecule has 7 nitrogen and oxygen atoms in total. The van der Waals surface area contributed by atoms with Crippen LogP contribution in [0.25, 0.3) is 6.08 Å². The van der Waals surface area contributed by atoms with E-state index in [2.05, 4.69) is 10.6 Å². The molecule has 0 aliphatic rings. The van der Waals surface area contributed by atoms with E-state index in [9.17, 15) is 14.4 Å². The van der Waals surface area contributed by atoms with Crippen molar-refractivity contribution in [2.24, 2.45) is 5.73 Å². The van der Waals surface area contributed by atoms with Crippen molar-refractivity contribution in [3.63, 3.8) is 0 Å². The summed E-state index contributed by atoms with van der Waals surface area (Å²) in [5.74, 6) is -0.951. The lowest BCUT2D eigenvalue weighted by Gasteiger charge is -2.29. The highest BCUT2D eigenvalue weighted by Gasteiger charge is 2.36. The van der Waals surface area contributed by atoms with E-state index in [4.69, 9.17) is 10.5 Å². The number of benzene rings is 2. The Balaban J connectivity index is 2.00. The minimum absolute atomic E-state index is 0.441. The van der Waals surface area contributed by atoms with Gasteiger partial charge in [0.25, 0.3) is 0 Å². The zero-order chi connectivity index (χ0) is 21.4. The zero-order valence-corrected chi connectivity index (χ0v) is 16.6. The molecule has 0 saturated heterocycles. The van der Waals surface area contributed by atoms with Gasteiger partial charge in [-0.15, -0.1) is 0 Å². The van der Waals surface area contributed by atoms with Gasteiger partial charge in [-0.25, -0.2) is 0 Å². The molecule has 2 aromatic carbocycles. The highest BCUT2D eigenvalue weighted by Crippen LogP contribution is 2.20. The van der Waals surface area contributed by atoms with Crippen LogP contribution in [0.15, 0.2) is 60.7 Å². The minimum atomic E-state index is -1.39. The molecule has 4 N–H and O–H groups in total. The molecule has 0 radical (unpaired) electrons. The number of primary amides is 1. The van der Waals surface area contributed by atoms with Gasteiger partial charge < -0.3 is 21.1 Å². The van der Waals surface area contributed by atoms with Crippen molar-refractivity contribution in [3.8, 4) is 5.75 Å². The third kappa shape index (κ3) is 5.68. The molecule has 2 unspecified atom stereocenters. The van der Waals surface area contributed by atoms with E-state index >= 15 is 0 Å². The molecule has 7 heteroatoms. The van der Waals surface area contributed by atoms with Crippen LogP contribution in [0.4, 0.5) is 0 Å². The predicted molar refractivity (Wildman–Crippen MR) is 111 cm³/mol. The topological polar surface area (TPSA) is 111 Å². The van der Waals surface area contributed by atoms with E-state index in [-0.39, 0.29) is 0 Å². The zero-order valence-electron chi connectivity index (χ0n) is 16.6. The molecule has 0 aliphatic carbocycles. The van der Waals surface area contributed by atoms with Crippen molar-refractivity contribution < 1.29 is 19.1 Å². The summed E-state index contributed by atoms with van der Waals surface area (Å²) in [6, 6.07) is 15.0. The Labute approximate surface area is 169 Å². The SMILES string of the molecule is COc1ccc(/C=C/C(=O)NC(C)C(=O)NC(C)(C(N)=O)c2ccccc2)cc1. The average molecular weight is 395 g/mol. The summed E-state index contributed by atoms with van der Waals surface area (Å²) in [6.45, 7) is 3.06. The molecule has 0 fully saturated rings. The van der Waals surface area contributed by atoms with Gasteiger partial charge in [-0.2, -0.15) is 0 Å². The van der Waals surface area contributed by atoms with Crippen LogP contribution in [0, 0.1) is 0 Å². The van der Waals surface area contributed by atoms with Crippen LogP contribution in [0.2, 0.25) is 0 Å². The first-order valence-corrected chi connectivity index (χ1v) is 9.06.